The molecule has 1 unspecified atom stereocenters. The third-order valence-electron chi connectivity index (χ3n) is 2.71. The van der Waals surface area contributed by atoms with Crippen molar-refractivity contribution in [3.8, 4) is 0 Å². The lowest BCUT2D eigenvalue weighted by Crippen LogP contribution is -2.21. The Labute approximate surface area is 90.2 Å². The smallest absolute Gasteiger partial charge is 0.0754 e. The van der Waals surface area contributed by atoms with Crippen molar-refractivity contribution >= 4 is 0 Å². The number of hydrogen-bond donors (Lipinski definition) is 1. The normalized spacial score (nSPS) is 22.7. The van der Waals surface area contributed by atoms with E-state index in [1.54, 1.807) is 0 Å². The first-order valence-electron chi connectivity index (χ1n) is 5.35. The fourth-order valence-electron chi connectivity index (χ4n) is 1.60. The average molecular weight is 204 g/mol. The second-order valence-electron chi connectivity index (χ2n) is 3.83. The van der Waals surface area contributed by atoms with Gasteiger partial charge in [0.15, 0.2) is 0 Å². The van der Waals surface area contributed by atoms with Crippen LogP contribution in [0.5, 0.6) is 0 Å². The zero-order chi connectivity index (χ0) is 10.5. The van der Waals surface area contributed by atoms with Gasteiger partial charge in [-0.15, -0.1) is 0 Å². The van der Waals surface area contributed by atoms with E-state index in [2.05, 4.69) is 0 Å². The first-order chi connectivity index (χ1) is 7.36. The van der Waals surface area contributed by atoms with E-state index in [1.165, 1.54) is 5.56 Å². The van der Waals surface area contributed by atoms with Crippen LogP contribution in [-0.2, 0) is 11.3 Å². The van der Waals surface area contributed by atoms with E-state index in [-0.39, 0.29) is 6.10 Å². The van der Waals surface area contributed by atoms with Crippen LogP contribution >= 0.6 is 0 Å². The Bertz CT molecular complexity index is 330. The Morgan fingerprint density at radius 1 is 1.33 bits per heavy atom. The van der Waals surface area contributed by atoms with Crippen molar-refractivity contribution in [2.45, 2.75) is 25.6 Å². The predicted octanol–water partition coefficient (Wildman–Crippen LogP) is 2.28. The SMILES string of the molecule is OC1CCC1=CCOCc1ccccc1. The van der Waals surface area contributed by atoms with Crippen LogP contribution in [-0.4, -0.2) is 17.8 Å². The maximum atomic E-state index is 9.30. The second kappa shape index (κ2) is 5.10. The van der Waals surface area contributed by atoms with Crippen LogP contribution in [0.1, 0.15) is 18.4 Å². The molecule has 1 aliphatic carbocycles. The quantitative estimate of drug-likeness (QED) is 0.602. The third-order valence-corrected chi connectivity index (χ3v) is 2.71. The van der Waals surface area contributed by atoms with Gasteiger partial charge in [-0.2, -0.15) is 0 Å². The molecule has 80 valence electrons. The lowest BCUT2D eigenvalue weighted by molar-refractivity contribution is 0.135. The summed E-state index contributed by atoms with van der Waals surface area (Å²) in [6.45, 7) is 1.24. The monoisotopic (exact) mass is 204 g/mol. The first-order valence-corrected chi connectivity index (χ1v) is 5.35. The van der Waals surface area contributed by atoms with Gasteiger partial charge in [0.25, 0.3) is 0 Å². The Morgan fingerprint density at radius 2 is 2.13 bits per heavy atom. The van der Waals surface area contributed by atoms with Gasteiger partial charge in [0, 0.05) is 0 Å². The largest absolute Gasteiger partial charge is 0.389 e. The average Bonchev–Trinajstić information content (AvgIpc) is 2.28. The van der Waals surface area contributed by atoms with E-state index < -0.39 is 0 Å². The summed E-state index contributed by atoms with van der Waals surface area (Å²) in [6, 6.07) is 10.1. The highest BCUT2D eigenvalue weighted by Crippen LogP contribution is 2.25. The Balaban J connectivity index is 1.69. The van der Waals surface area contributed by atoms with E-state index in [0.717, 1.165) is 18.4 Å². The van der Waals surface area contributed by atoms with E-state index in [9.17, 15) is 5.11 Å². The van der Waals surface area contributed by atoms with Crippen molar-refractivity contribution in [3.63, 3.8) is 0 Å². The zero-order valence-electron chi connectivity index (χ0n) is 8.73. The number of hydrogen-bond acceptors (Lipinski definition) is 2. The molecular weight excluding hydrogens is 188 g/mol. The standard InChI is InChI=1S/C13H16O2/c14-13-7-6-12(13)8-9-15-10-11-4-2-1-3-5-11/h1-5,8,13-14H,6-7,9-10H2. The molecule has 2 nitrogen and oxygen atoms in total. The molecule has 2 heteroatoms. The summed E-state index contributed by atoms with van der Waals surface area (Å²) >= 11 is 0. The summed E-state index contributed by atoms with van der Waals surface area (Å²) < 4.78 is 5.49. The Morgan fingerprint density at radius 3 is 2.73 bits per heavy atom. The summed E-state index contributed by atoms with van der Waals surface area (Å²) in [5.74, 6) is 0. The highest BCUT2D eigenvalue weighted by Gasteiger charge is 2.20. The van der Waals surface area contributed by atoms with Gasteiger partial charge in [0.05, 0.1) is 19.3 Å². The molecule has 15 heavy (non-hydrogen) atoms. The van der Waals surface area contributed by atoms with Gasteiger partial charge in [-0.1, -0.05) is 36.4 Å². The molecule has 0 aliphatic heterocycles. The van der Waals surface area contributed by atoms with E-state index in [0.29, 0.717) is 13.2 Å². The molecular formula is C13H16O2. The summed E-state index contributed by atoms with van der Waals surface area (Å²) in [6.07, 6.45) is 3.72. The van der Waals surface area contributed by atoms with Gasteiger partial charge in [-0.3, -0.25) is 0 Å². The molecule has 1 atom stereocenters. The molecule has 2 rings (SSSR count). The second-order valence-corrected chi connectivity index (χ2v) is 3.83. The molecule has 0 bridgehead atoms. The van der Waals surface area contributed by atoms with E-state index in [4.69, 9.17) is 4.74 Å². The van der Waals surface area contributed by atoms with Crippen molar-refractivity contribution in [1.82, 2.24) is 0 Å². The van der Waals surface area contributed by atoms with Crippen LogP contribution < -0.4 is 0 Å². The topological polar surface area (TPSA) is 29.5 Å². The molecule has 0 radical (unpaired) electrons. The van der Waals surface area contributed by atoms with Crippen LogP contribution in [0, 0.1) is 0 Å². The van der Waals surface area contributed by atoms with Crippen LogP contribution in [0.4, 0.5) is 0 Å². The molecule has 1 saturated carbocycles. The van der Waals surface area contributed by atoms with Crippen molar-refractivity contribution in [1.29, 1.82) is 0 Å². The van der Waals surface area contributed by atoms with Gasteiger partial charge in [-0.25, -0.2) is 0 Å². The molecule has 1 aliphatic rings. The van der Waals surface area contributed by atoms with Crippen LogP contribution in [0.3, 0.4) is 0 Å². The highest BCUT2D eigenvalue weighted by molar-refractivity contribution is 5.16. The maximum Gasteiger partial charge on any atom is 0.0754 e. The van der Waals surface area contributed by atoms with Gasteiger partial charge in [-0.05, 0) is 24.0 Å². The van der Waals surface area contributed by atoms with Gasteiger partial charge < -0.3 is 9.84 Å². The predicted molar refractivity (Wildman–Crippen MR) is 59.4 cm³/mol. The van der Waals surface area contributed by atoms with Crippen LogP contribution in [0.2, 0.25) is 0 Å². The summed E-state index contributed by atoms with van der Waals surface area (Å²) in [5.41, 5.74) is 2.31. The van der Waals surface area contributed by atoms with E-state index in [1.807, 2.05) is 36.4 Å². The minimum Gasteiger partial charge on any atom is -0.389 e. The van der Waals surface area contributed by atoms with Crippen molar-refractivity contribution in [2.24, 2.45) is 0 Å². The van der Waals surface area contributed by atoms with Crippen molar-refractivity contribution in [3.05, 3.63) is 47.5 Å². The fraction of sp³-hybridized carbons (Fsp3) is 0.385. The van der Waals surface area contributed by atoms with Gasteiger partial charge in [0.1, 0.15) is 0 Å². The molecule has 0 aromatic heterocycles. The Hall–Kier alpha value is -1.12. The lowest BCUT2D eigenvalue weighted by Gasteiger charge is -2.24. The molecule has 0 spiro atoms. The van der Waals surface area contributed by atoms with Gasteiger partial charge in [0.2, 0.25) is 0 Å². The summed E-state index contributed by atoms with van der Waals surface area (Å²) in [5, 5.41) is 9.30. The lowest BCUT2D eigenvalue weighted by atomic mass is 9.89. The highest BCUT2D eigenvalue weighted by atomic mass is 16.5. The van der Waals surface area contributed by atoms with Crippen LogP contribution in [0.15, 0.2) is 42.0 Å². The van der Waals surface area contributed by atoms with Crippen LogP contribution in [0.25, 0.3) is 0 Å². The van der Waals surface area contributed by atoms with Gasteiger partial charge >= 0.3 is 0 Å². The van der Waals surface area contributed by atoms with Crippen molar-refractivity contribution < 1.29 is 9.84 Å². The molecule has 1 N–H and O–H groups in total. The number of benzene rings is 1. The Kier molecular flexibility index (Phi) is 3.54. The van der Waals surface area contributed by atoms with Crippen molar-refractivity contribution in [2.75, 3.05) is 6.61 Å². The molecule has 1 aromatic rings. The molecule has 0 amide bonds. The molecule has 0 heterocycles. The number of aliphatic hydroxyl groups is 1. The maximum absolute atomic E-state index is 9.30. The number of ether oxygens (including phenoxy) is 1. The number of aliphatic hydroxyl groups excluding tert-OH is 1. The fourth-order valence-corrected chi connectivity index (χ4v) is 1.60. The minimum atomic E-state index is -0.203. The summed E-state index contributed by atoms with van der Waals surface area (Å²) in [7, 11) is 0. The summed E-state index contributed by atoms with van der Waals surface area (Å²) in [4.78, 5) is 0. The minimum absolute atomic E-state index is 0.203. The zero-order valence-corrected chi connectivity index (χ0v) is 8.73. The first kappa shape index (κ1) is 10.4. The van der Waals surface area contributed by atoms with E-state index >= 15 is 0 Å². The molecule has 1 fully saturated rings. The third kappa shape index (κ3) is 2.91. The molecule has 0 saturated heterocycles. The molecule has 1 aromatic carbocycles. The number of rotatable bonds is 4.